The lowest BCUT2D eigenvalue weighted by atomic mass is 10.2. The Bertz CT molecular complexity index is 524. The first-order valence-electron chi connectivity index (χ1n) is 5.19. The van der Waals surface area contributed by atoms with Gasteiger partial charge in [0.05, 0.1) is 4.90 Å². The molecule has 1 rings (SSSR count). The first kappa shape index (κ1) is 13.3. The zero-order valence-electron chi connectivity index (χ0n) is 9.76. The lowest BCUT2D eigenvalue weighted by Gasteiger charge is -2.16. The van der Waals surface area contributed by atoms with E-state index in [1.807, 2.05) is 6.92 Å². The average molecular weight is 249 g/mol. The molecule has 0 aliphatic rings. The molecule has 0 atom stereocenters. The number of nitrogens with zero attached hydrogens (tertiary/aromatic N) is 1. The normalized spacial score (nSPS) is 10.6. The van der Waals surface area contributed by atoms with Gasteiger partial charge in [0.25, 0.3) is 10.0 Å². The Morgan fingerprint density at radius 1 is 1.41 bits per heavy atom. The number of benzene rings is 1. The van der Waals surface area contributed by atoms with Crippen LogP contribution in [0.3, 0.4) is 0 Å². The van der Waals surface area contributed by atoms with Crippen molar-refractivity contribution in [3.8, 4) is 12.5 Å². The van der Waals surface area contributed by atoms with Crippen LogP contribution in [0.4, 0.5) is 0 Å². The largest absolute Gasteiger partial charge is 0.270 e. The minimum Gasteiger partial charge on any atom is -0.224 e. The van der Waals surface area contributed by atoms with E-state index in [2.05, 4.69) is 12.6 Å². The molecule has 0 heterocycles. The molecule has 0 aromatic heterocycles. The highest BCUT2D eigenvalue weighted by Crippen LogP contribution is 2.15. The van der Waals surface area contributed by atoms with Crippen LogP contribution in [-0.2, 0) is 10.0 Å². The molecule has 1 aromatic rings. The van der Waals surface area contributed by atoms with Gasteiger partial charge in [-0.05, 0) is 25.5 Å². The maximum atomic E-state index is 12.1. The predicted octanol–water partition coefficient (Wildman–Crippen LogP) is 2.15. The number of rotatable bonds is 5. The molecule has 90 valence electrons. The van der Waals surface area contributed by atoms with Gasteiger partial charge in [-0.3, -0.25) is 0 Å². The van der Waals surface area contributed by atoms with Crippen molar-refractivity contribution in [1.82, 2.24) is 4.31 Å². The summed E-state index contributed by atoms with van der Waals surface area (Å²) in [5.74, 6) is 0. The third-order valence-corrected chi connectivity index (χ3v) is 4.03. The van der Waals surface area contributed by atoms with E-state index in [-0.39, 0.29) is 11.4 Å². The zero-order chi connectivity index (χ0) is 12.9. The number of hydrogen-bond donors (Lipinski definition) is 0. The minimum absolute atomic E-state index is 0.213. The third kappa shape index (κ3) is 3.11. The Morgan fingerprint density at radius 2 is 2.00 bits per heavy atom. The number of aryl methyl sites for hydroxylation is 1. The first-order valence-corrected chi connectivity index (χ1v) is 6.63. The molecular formula is C13H15NO2S. The Morgan fingerprint density at radius 3 is 2.47 bits per heavy atom. The van der Waals surface area contributed by atoms with Crippen LogP contribution in [0.25, 0.3) is 0 Å². The number of terminal acetylenes is 1. The van der Waals surface area contributed by atoms with Gasteiger partial charge in [0.2, 0.25) is 0 Å². The molecule has 0 unspecified atom stereocenters. The fraction of sp³-hybridized carbons (Fsp3) is 0.231. The SMILES string of the molecule is C#CN(CCC=C)S(=O)(=O)c1ccc(C)cc1. The van der Waals surface area contributed by atoms with E-state index >= 15 is 0 Å². The third-order valence-electron chi connectivity index (χ3n) is 2.29. The summed E-state index contributed by atoms with van der Waals surface area (Å²) >= 11 is 0. The molecule has 0 spiro atoms. The van der Waals surface area contributed by atoms with Gasteiger partial charge in [-0.2, -0.15) is 0 Å². The number of sulfonamides is 1. The summed E-state index contributed by atoms with van der Waals surface area (Å²) < 4.78 is 25.3. The maximum absolute atomic E-state index is 12.1. The lowest BCUT2D eigenvalue weighted by Crippen LogP contribution is -2.27. The smallest absolute Gasteiger partial charge is 0.224 e. The summed E-state index contributed by atoms with van der Waals surface area (Å²) in [5.41, 5.74) is 1.00. The van der Waals surface area contributed by atoms with E-state index in [9.17, 15) is 8.42 Å². The van der Waals surface area contributed by atoms with Crippen LogP contribution in [0, 0.1) is 19.4 Å². The van der Waals surface area contributed by atoms with Crippen molar-refractivity contribution in [1.29, 1.82) is 0 Å². The highest BCUT2D eigenvalue weighted by Gasteiger charge is 2.20. The Hall–Kier alpha value is -1.73. The Labute approximate surface area is 103 Å². The van der Waals surface area contributed by atoms with E-state index in [0.717, 1.165) is 9.87 Å². The van der Waals surface area contributed by atoms with Crippen molar-refractivity contribution >= 4 is 10.0 Å². The van der Waals surface area contributed by atoms with Crippen molar-refractivity contribution in [3.05, 3.63) is 42.5 Å². The monoisotopic (exact) mass is 249 g/mol. The van der Waals surface area contributed by atoms with Crippen molar-refractivity contribution < 1.29 is 8.42 Å². The van der Waals surface area contributed by atoms with Crippen LogP contribution in [0.15, 0.2) is 41.8 Å². The fourth-order valence-electron chi connectivity index (χ4n) is 1.30. The molecule has 0 bridgehead atoms. The van der Waals surface area contributed by atoms with Gasteiger partial charge >= 0.3 is 0 Å². The number of hydrogen-bond acceptors (Lipinski definition) is 2. The summed E-state index contributed by atoms with van der Waals surface area (Å²) in [6.45, 7) is 5.69. The van der Waals surface area contributed by atoms with Gasteiger partial charge in [0.15, 0.2) is 0 Å². The first-order chi connectivity index (χ1) is 8.02. The van der Waals surface area contributed by atoms with Gasteiger partial charge in [0, 0.05) is 12.6 Å². The van der Waals surface area contributed by atoms with Crippen molar-refractivity contribution in [2.45, 2.75) is 18.2 Å². The summed E-state index contributed by atoms with van der Waals surface area (Å²) in [4.78, 5) is 0.213. The molecule has 0 radical (unpaired) electrons. The highest BCUT2D eigenvalue weighted by molar-refractivity contribution is 7.89. The molecule has 17 heavy (non-hydrogen) atoms. The summed E-state index contributed by atoms with van der Waals surface area (Å²) in [5, 5.41) is 0. The summed E-state index contributed by atoms with van der Waals surface area (Å²) in [6.07, 6.45) is 7.39. The van der Waals surface area contributed by atoms with Crippen LogP contribution >= 0.6 is 0 Å². The second-order valence-electron chi connectivity index (χ2n) is 3.60. The molecule has 3 nitrogen and oxygen atoms in total. The van der Waals surface area contributed by atoms with Gasteiger partial charge in [0.1, 0.15) is 0 Å². The lowest BCUT2D eigenvalue weighted by molar-refractivity contribution is 0.515. The van der Waals surface area contributed by atoms with Gasteiger partial charge < -0.3 is 0 Å². The molecule has 0 aliphatic heterocycles. The zero-order valence-corrected chi connectivity index (χ0v) is 10.6. The van der Waals surface area contributed by atoms with Crippen LogP contribution in [0.1, 0.15) is 12.0 Å². The predicted molar refractivity (Wildman–Crippen MR) is 68.7 cm³/mol. The van der Waals surface area contributed by atoms with E-state index in [4.69, 9.17) is 6.42 Å². The topological polar surface area (TPSA) is 37.4 Å². The molecule has 1 aromatic carbocycles. The van der Waals surface area contributed by atoms with Crippen molar-refractivity contribution in [2.24, 2.45) is 0 Å². The second kappa shape index (κ2) is 5.55. The Balaban J connectivity index is 3.05. The van der Waals surface area contributed by atoms with Crippen molar-refractivity contribution in [3.63, 3.8) is 0 Å². The molecule has 0 saturated heterocycles. The fourth-order valence-corrected chi connectivity index (χ4v) is 2.52. The highest BCUT2D eigenvalue weighted by atomic mass is 32.2. The van der Waals surface area contributed by atoms with Gasteiger partial charge in [-0.25, -0.2) is 12.7 Å². The standard InChI is InChI=1S/C13H15NO2S/c1-4-6-11-14(5-2)17(15,16)13-9-7-12(3)8-10-13/h2,4,7-10H,1,6,11H2,3H3. The minimum atomic E-state index is -3.59. The molecule has 0 saturated carbocycles. The van der Waals surface area contributed by atoms with Crippen LogP contribution in [0.2, 0.25) is 0 Å². The summed E-state index contributed by atoms with van der Waals surface area (Å²) in [6, 6.07) is 8.79. The molecular weight excluding hydrogens is 234 g/mol. The van der Waals surface area contributed by atoms with Crippen LogP contribution < -0.4 is 0 Å². The van der Waals surface area contributed by atoms with Gasteiger partial charge in [-0.1, -0.05) is 30.2 Å². The van der Waals surface area contributed by atoms with E-state index in [0.29, 0.717) is 6.42 Å². The second-order valence-corrected chi connectivity index (χ2v) is 5.46. The van der Waals surface area contributed by atoms with E-state index < -0.39 is 10.0 Å². The van der Waals surface area contributed by atoms with Crippen LogP contribution in [0.5, 0.6) is 0 Å². The summed E-state index contributed by atoms with van der Waals surface area (Å²) in [7, 11) is -3.59. The molecule has 0 aliphatic carbocycles. The average Bonchev–Trinajstić information content (AvgIpc) is 2.30. The maximum Gasteiger partial charge on any atom is 0.270 e. The molecule has 0 N–H and O–H groups in total. The molecule has 4 heteroatoms. The van der Waals surface area contributed by atoms with E-state index in [1.54, 1.807) is 30.3 Å². The van der Waals surface area contributed by atoms with Crippen molar-refractivity contribution in [2.75, 3.05) is 6.54 Å². The quantitative estimate of drug-likeness (QED) is 0.455. The molecule has 0 fully saturated rings. The Kier molecular flexibility index (Phi) is 4.36. The van der Waals surface area contributed by atoms with Gasteiger partial charge in [-0.15, -0.1) is 6.58 Å². The van der Waals surface area contributed by atoms with E-state index in [1.165, 1.54) is 0 Å². The van der Waals surface area contributed by atoms with Crippen LogP contribution in [-0.4, -0.2) is 19.3 Å². The molecule has 0 amide bonds.